The Kier molecular flexibility index (Phi) is 1.26. The summed E-state index contributed by atoms with van der Waals surface area (Å²) in [4.78, 5) is 22.4. The van der Waals surface area contributed by atoms with Gasteiger partial charge in [0, 0.05) is 5.92 Å². The molecule has 0 N–H and O–H groups in total. The van der Waals surface area contributed by atoms with Gasteiger partial charge in [0.2, 0.25) is 0 Å². The topological polar surface area (TPSA) is 52.6 Å². The number of methoxy groups -OCH3 is 1. The highest BCUT2D eigenvalue weighted by Gasteiger charge is 2.74. The third-order valence-electron chi connectivity index (χ3n) is 2.79. The lowest BCUT2D eigenvalue weighted by molar-refractivity contribution is -0.159. The van der Waals surface area contributed by atoms with Crippen molar-refractivity contribution in [3.05, 3.63) is 0 Å². The Morgan fingerprint density at radius 3 is 2.75 bits per heavy atom. The van der Waals surface area contributed by atoms with Crippen molar-refractivity contribution < 1.29 is 19.1 Å². The molecule has 0 spiro atoms. The molecule has 2 rings (SSSR count). The lowest BCUT2D eigenvalue weighted by Crippen LogP contribution is -2.25. The van der Waals surface area contributed by atoms with Gasteiger partial charge < -0.3 is 9.47 Å². The van der Waals surface area contributed by atoms with Crippen LogP contribution in [0.2, 0.25) is 0 Å². The fourth-order valence-corrected chi connectivity index (χ4v) is 1.95. The predicted molar refractivity (Wildman–Crippen MR) is 38.1 cm³/mol. The van der Waals surface area contributed by atoms with Gasteiger partial charge in [0.25, 0.3) is 0 Å². The van der Waals surface area contributed by atoms with Crippen LogP contribution in [0.4, 0.5) is 0 Å². The number of fused-ring (bicyclic) bond motifs is 1. The molecule has 2 fully saturated rings. The fourth-order valence-electron chi connectivity index (χ4n) is 1.95. The second kappa shape index (κ2) is 2.00. The number of esters is 2. The standard InChI is InChI=1S/C8H10O4/c1-4-5-3-8(5,6(9)11-2)7(10)12-4/h4-5H,3H2,1-2H3/t4-,5-,8-/m0/s1. The molecule has 1 aliphatic carbocycles. The van der Waals surface area contributed by atoms with Crippen LogP contribution in [-0.2, 0) is 19.1 Å². The monoisotopic (exact) mass is 170 g/mol. The summed E-state index contributed by atoms with van der Waals surface area (Å²) in [5.74, 6) is -0.800. The molecule has 0 aromatic rings. The summed E-state index contributed by atoms with van der Waals surface area (Å²) in [5.41, 5.74) is -0.922. The summed E-state index contributed by atoms with van der Waals surface area (Å²) >= 11 is 0. The smallest absolute Gasteiger partial charge is 0.324 e. The van der Waals surface area contributed by atoms with Gasteiger partial charge in [0.05, 0.1) is 7.11 Å². The molecule has 1 aliphatic heterocycles. The molecular formula is C8H10O4. The van der Waals surface area contributed by atoms with Crippen LogP contribution in [0.5, 0.6) is 0 Å². The number of cyclic esters (lactones) is 1. The van der Waals surface area contributed by atoms with E-state index in [1.165, 1.54) is 7.11 Å². The average Bonchev–Trinajstić information content (AvgIpc) is 2.73. The van der Waals surface area contributed by atoms with Gasteiger partial charge in [-0.25, -0.2) is 0 Å². The van der Waals surface area contributed by atoms with Crippen LogP contribution < -0.4 is 0 Å². The van der Waals surface area contributed by atoms with Crippen molar-refractivity contribution in [3.8, 4) is 0 Å². The van der Waals surface area contributed by atoms with E-state index in [0.717, 1.165) is 0 Å². The second-order valence-electron chi connectivity index (χ2n) is 3.38. The van der Waals surface area contributed by atoms with Gasteiger partial charge >= 0.3 is 11.9 Å². The molecule has 12 heavy (non-hydrogen) atoms. The normalized spacial score (nSPS) is 43.3. The number of hydrogen-bond donors (Lipinski definition) is 0. The van der Waals surface area contributed by atoms with E-state index in [4.69, 9.17) is 4.74 Å². The van der Waals surface area contributed by atoms with Gasteiger partial charge in [-0.2, -0.15) is 0 Å². The van der Waals surface area contributed by atoms with E-state index in [2.05, 4.69) is 4.74 Å². The van der Waals surface area contributed by atoms with Crippen molar-refractivity contribution >= 4 is 11.9 Å². The van der Waals surface area contributed by atoms with Gasteiger partial charge in [0.1, 0.15) is 6.10 Å². The predicted octanol–water partition coefficient (Wildman–Crippen LogP) is 0.111. The number of hydrogen-bond acceptors (Lipinski definition) is 4. The Morgan fingerprint density at radius 1 is 1.75 bits per heavy atom. The molecule has 0 radical (unpaired) electrons. The molecule has 0 aromatic carbocycles. The first-order valence-electron chi connectivity index (χ1n) is 3.92. The number of carbonyl (C=O) groups excluding carboxylic acids is 2. The third kappa shape index (κ3) is 0.629. The maximum absolute atomic E-state index is 11.2. The van der Waals surface area contributed by atoms with E-state index >= 15 is 0 Å². The minimum absolute atomic E-state index is 0.0532. The molecule has 0 unspecified atom stereocenters. The Morgan fingerprint density at radius 2 is 2.42 bits per heavy atom. The van der Waals surface area contributed by atoms with Crippen LogP contribution in [-0.4, -0.2) is 25.2 Å². The first-order chi connectivity index (χ1) is 5.63. The minimum Gasteiger partial charge on any atom is -0.468 e. The summed E-state index contributed by atoms with van der Waals surface area (Å²) in [6.45, 7) is 1.81. The van der Waals surface area contributed by atoms with Crippen LogP contribution in [0.1, 0.15) is 13.3 Å². The van der Waals surface area contributed by atoms with E-state index in [1.807, 2.05) is 0 Å². The van der Waals surface area contributed by atoms with Crippen molar-refractivity contribution in [1.29, 1.82) is 0 Å². The van der Waals surface area contributed by atoms with E-state index in [1.54, 1.807) is 6.92 Å². The molecule has 1 saturated carbocycles. The first kappa shape index (κ1) is 7.58. The zero-order valence-electron chi connectivity index (χ0n) is 6.99. The largest absolute Gasteiger partial charge is 0.468 e. The Hall–Kier alpha value is -1.06. The van der Waals surface area contributed by atoms with Crippen molar-refractivity contribution in [1.82, 2.24) is 0 Å². The number of rotatable bonds is 1. The second-order valence-corrected chi connectivity index (χ2v) is 3.38. The Labute approximate surface area is 69.8 Å². The lowest BCUT2D eigenvalue weighted by atomic mass is 10.1. The van der Waals surface area contributed by atoms with Crippen LogP contribution in [0.25, 0.3) is 0 Å². The average molecular weight is 170 g/mol. The maximum Gasteiger partial charge on any atom is 0.324 e. The number of ether oxygens (including phenoxy) is 2. The van der Waals surface area contributed by atoms with Crippen LogP contribution in [0, 0.1) is 11.3 Å². The molecule has 0 amide bonds. The van der Waals surface area contributed by atoms with Crippen LogP contribution >= 0.6 is 0 Å². The van der Waals surface area contributed by atoms with Gasteiger partial charge in [-0.15, -0.1) is 0 Å². The van der Waals surface area contributed by atoms with Crippen molar-refractivity contribution in [3.63, 3.8) is 0 Å². The van der Waals surface area contributed by atoms with Crippen molar-refractivity contribution in [2.75, 3.05) is 7.11 Å². The third-order valence-corrected chi connectivity index (χ3v) is 2.79. The highest BCUT2D eigenvalue weighted by molar-refractivity contribution is 6.05. The zero-order chi connectivity index (χ0) is 8.93. The summed E-state index contributed by atoms with van der Waals surface area (Å²) in [7, 11) is 1.29. The van der Waals surface area contributed by atoms with Gasteiger partial charge in [-0.05, 0) is 13.3 Å². The molecule has 4 heteroatoms. The molecule has 4 nitrogen and oxygen atoms in total. The SMILES string of the molecule is COC(=O)[C@]12C[C@H]1[C@H](C)OC2=O. The molecule has 2 aliphatic rings. The summed E-state index contributed by atoms with van der Waals surface area (Å²) in [6, 6.07) is 0. The summed E-state index contributed by atoms with van der Waals surface area (Å²) in [6.07, 6.45) is 0.469. The molecule has 66 valence electrons. The highest BCUT2D eigenvalue weighted by atomic mass is 16.6. The van der Waals surface area contributed by atoms with E-state index in [9.17, 15) is 9.59 Å². The maximum atomic E-state index is 11.2. The molecule has 3 atom stereocenters. The summed E-state index contributed by atoms with van der Waals surface area (Å²) < 4.78 is 9.47. The number of carbonyl (C=O) groups is 2. The molecular weight excluding hydrogens is 160 g/mol. The van der Waals surface area contributed by atoms with Gasteiger partial charge in [0.15, 0.2) is 5.41 Å². The molecule has 0 bridgehead atoms. The van der Waals surface area contributed by atoms with Crippen LogP contribution in [0.3, 0.4) is 0 Å². The quantitative estimate of drug-likeness (QED) is 0.414. The fraction of sp³-hybridized carbons (Fsp3) is 0.750. The molecule has 1 heterocycles. The lowest BCUT2D eigenvalue weighted by Gasteiger charge is -2.06. The van der Waals surface area contributed by atoms with E-state index < -0.39 is 17.4 Å². The van der Waals surface area contributed by atoms with Crippen LogP contribution in [0.15, 0.2) is 0 Å². The van der Waals surface area contributed by atoms with E-state index in [-0.39, 0.29) is 12.0 Å². The molecule has 1 saturated heterocycles. The van der Waals surface area contributed by atoms with Gasteiger partial charge in [-0.1, -0.05) is 0 Å². The first-order valence-corrected chi connectivity index (χ1v) is 3.92. The summed E-state index contributed by atoms with van der Waals surface area (Å²) in [5, 5.41) is 0. The molecule has 0 aromatic heterocycles. The zero-order valence-corrected chi connectivity index (χ0v) is 6.99. The van der Waals surface area contributed by atoms with Crippen molar-refractivity contribution in [2.45, 2.75) is 19.4 Å². The van der Waals surface area contributed by atoms with Crippen molar-refractivity contribution in [2.24, 2.45) is 11.3 Å². The van der Waals surface area contributed by atoms with Gasteiger partial charge in [-0.3, -0.25) is 9.59 Å². The highest BCUT2D eigenvalue weighted by Crippen LogP contribution is 2.61. The Bertz CT molecular complexity index is 250. The Balaban J connectivity index is 2.26. The van der Waals surface area contributed by atoms with E-state index in [0.29, 0.717) is 6.42 Å². The minimum atomic E-state index is -0.922.